The highest BCUT2D eigenvalue weighted by Crippen LogP contribution is 2.30. The van der Waals surface area contributed by atoms with Crippen molar-refractivity contribution in [3.63, 3.8) is 0 Å². The number of carbonyl (C=O) groups excluding carboxylic acids is 1. The summed E-state index contributed by atoms with van der Waals surface area (Å²) in [5.74, 6) is -2.05. The highest BCUT2D eigenvalue weighted by atomic mass is 32.2. The van der Waals surface area contributed by atoms with Gasteiger partial charge in [-0.3, -0.25) is 4.90 Å². The molecule has 0 aromatic carbocycles. The third kappa shape index (κ3) is 5.52. The first-order chi connectivity index (χ1) is 15.8. The predicted molar refractivity (Wildman–Crippen MR) is 113 cm³/mol. The number of anilines is 1. The van der Waals surface area contributed by atoms with Crippen molar-refractivity contribution in [2.24, 2.45) is 0 Å². The van der Waals surface area contributed by atoms with Crippen LogP contribution in [0.4, 0.5) is 23.8 Å². The summed E-state index contributed by atoms with van der Waals surface area (Å²) in [4.78, 5) is 29.2. The van der Waals surface area contributed by atoms with E-state index in [1.807, 2.05) is 23.9 Å². The van der Waals surface area contributed by atoms with Crippen molar-refractivity contribution >= 4 is 27.9 Å². The monoisotopic (exact) mass is 509 g/mol. The number of sulfonamides is 1. The average molecular weight is 510 g/mol. The molecule has 0 bridgehead atoms. The molecule has 1 aromatic heterocycles. The van der Waals surface area contributed by atoms with Gasteiger partial charge in [-0.25, -0.2) is 23.0 Å². The normalized spacial score (nSPS) is 23.7. The smallest absolute Gasteiger partial charge is 0.475 e. The van der Waals surface area contributed by atoms with Crippen LogP contribution in [0.25, 0.3) is 0 Å². The number of nitrogens with zero attached hydrogens (tertiary/aromatic N) is 4. The summed E-state index contributed by atoms with van der Waals surface area (Å²) in [6, 6.07) is 3.38. The Bertz CT molecular complexity index is 997. The molecule has 3 aliphatic heterocycles. The molecule has 0 aliphatic carbocycles. The van der Waals surface area contributed by atoms with Crippen molar-refractivity contribution in [1.82, 2.24) is 19.5 Å². The number of carboxylic acids is 1. The average Bonchev–Trinajstić information content (AvgIpc) is 3.33. The molecule has 3 saturated heterocycles. The number of alkyl halides is 3. The largest absolute Gasteiger partial charge is 0.490 e. The highest BCUT2D eigenvalue weighted by molar-refractivity contribution is 7.89. The first kappa shape index (κ1) is 26.0. The zero-order valence-corrected chi connectivity index (χ0v) is 19.3. The van der Waals surface area contributed by atoms with Crippen LogP contribution in [0.15, 0.2) is 23.2 Å². The van der Waals surface area contributed by atoms with Gasteiger partial charge in [-0.15, -0.1) is 0 Å². The number of rotatable bonds is 4. The van der Waals surface area contributed by atoms with Gasteiger partial charge in [0.1, 0.15) is 16.8 Å². The van der Waals surface area contributed by atoms with Crippen molar-refractivity contribution in [3.05, 3.63) is 18.3 Å². The molecule has 0 saturated carbocycles. The maximum atomic E-state index is 12.9. The lowest BCUT2D eigenvalue weighted by Crippen LogP contribution is -2.50. The number of carboxylic acid groups (broad SMARTS) is 1. The van der Waals surface area contributed by atoms with Crippen molar-refractivity contribution in [2.45, 2.75) is 42.1 Å². The maximum absolute atomic E-state index is 12.9. The summed E-state index contributed by atoms with van der Waals surface area (Å²) < 4.78 is 64.4. The second-order valence-corrected chi connectivity index (χ2v) is 10.2. The summed E-state index contributed by atoms with van der Waals surface area (Å²) in [7, 11) is 0.135. The van der Waals surface area contributed by atoms with Gasteiger partial charge in [0, 0.05) is 52.5 Å². The number of halogens is 3. The molecule has 4 rings (SSSR count). The fourth-order valence-electron chi connectivity index (χ4n) is 4.08. The fraction of sp³-hybridized carbons (Fsp3) is 0.632. The Balaban J connectivity index is 0.000000406. The number of piperidine rings is 1. The quantitative estimate of drug-likeness (QED) is 0.603. The minimum absolute atomic E-state index is 0.0214. The number of hydrogen-bond donors (Lipinski definition) is 2. The minimum atomic E-state index is -5.08. The van der Waals surface area contributed by atoms with Crippen LogP contribution in [0, 0.1) is 0 Å². The van der Waals surface area contributed by atoms with Crippen LogP contribution < -0.4 is 10.2 Å². The Morgan fingerprint density at radius 3 is 2.35 bits per heavy atom. The molecule has 34 heavy (non-hydrogen) atoms. The molecule has 1 amide bonds. The molecule has 15 heteroatoms. The van der Waals surface area contributed by atoms with Gasteiger partial charge in [-0.1, -0.05) is 0 Å². The van der Waals surface area contributed by atoms with E-state index in [-0.39, 0.29) is 29.2 Å². The molecule has 0 spiro atoms. The molecule has 0 radical (unpaired) electrons. The van der Waals surface area contributed by atoms with E-state index in [9.17, 15) is 26.4 Å². The highest BCUT2D eigenvalue weighted by Gasteiger charge is 2.48. The Morgan fingerprint density at radius 2 is 1.85 bits per heavy atom. The summed E-state index contributed by atoms with van der Waals surface area (Å²) >= 11 is 0. The van der Waals surface area contributed by atoms with Gasteiger partial charge >= 0.3 is 18.2 Å². The molecule has 11 nitrogen and oxygen atoms in total. The molecule has 1 aromatic rings. The molecule has 4 heterocycles. The number of aliphatic carboxylic acids is 1. The number of carbonyl (C=O) groups is 2. The van der Waals surface area contributed by atoms with Gasteiger partial charge < -0.3 is 20.1 Å². The van der Waals surface area contributed by atoms with Gasteiger partial charge in [0.2, 0.25) is 10.0 Å². The van der Waals surface area contributed by atoms with E-state index < -0.39 is 22.2 Å². The maximum Gasteiger partial charge on any atom is 0.490 e. The van der Waals surface area contributed by atoms with Crippen LogP contribution in [-0.2, 0) is 19.6 Å². The fourth-order valence-corrected chi connectivity index (χ4v) is 5.50. The SMILES string of the molecule is CN(C)c1ccc(S(=O)(=O)N2CCC(N3C(=O)O[C@H]4CNC[C@H]43)CC2)cn1.O=C(O)C(F)(F)F. The number of fused-ring (bicyclic) bond motifs is 1. The Hall–Kier alpha value is -2.65. The van der Waals surface area contributed by atoms with Crippen LogP contribution in [0.5, 0.6) is 0 Å². The van der Waals surface area contributed by atoms with Gasteiger partial charge in [0.05, 0.1) is 6.04 Å². The lowest BCUT2D eigenvalue weighted by molar-refractivity contribution is -0.192. The van der Waals surface area contributed by atoms with Crippen molar-refractivity contribution in [3.8, 4) is 0 Å². The van der Waals surface area contributed by atoms with Crippen molar-refractivity contribution in [2.75, 3.05) is 45.2 Å². The number of amides is 1. The Morgan fingerprint density at radius 1 is 1.24 bits per heavy atom. The van der Waals surface area contributed by atoms with Crippen LogP contribution in [0.2, 0.25) is 0 Å². The van der Waals surface area contributed by atoms with Crippen molar-refractivity contribution in [1.29, 1.82) is 0 Å². The van der Waals surface area contributed by atoms with Crippen LogP contribution in [0.1, 0.15) is 12.8 Å². The van der Waals surface area contributed by atoms with E-state index >= 15 is 0 Å². The number of aromatic nitrogens is 1. The van der Waals surface area contributed by atoms with Crippen LogP contribution in [-0.4, -0.2) is 104 Å². The topological polar surface area (TPSA) is 132 Å². The van der Waals surface area contributed by atoms with E-state index in [0.717, 1.165) is 6.54 Å². The lowest BCUT2D eigenvalue weighted by Gasteiger charge is -2.36. The molecule has 3 fully saturated rings. The molecule has 190 valence electrons. The lowest BCUT2D eigenvalue weighted by atomic mass is 10.0. The molecule has 3 aliphatic rings. The second kappa shape index (κ2) is 9.92. The zero-order chi connectivity index (χ0) is 25.3. The first-order valence-corrected chi connectivity index (χ1v) is 11.9. The van der Waals surface area contributed by atoms with E-state index in [2.05, 4.69) is 10.3 Å². The number of nitrogens with one attached hydrogen (secondary N) is 1. The predicted octanol–water partition coefficient (Wildman–Crippen LogP) is 0.727. The Labute approximate surface area is 194 Å². The van der Waals surface area contributed by atoms with Crippen molar-refractivity contribution < 1.29 is 41.0 Å². The van der Waals surface area contributed by atoms with Gasteiger partial charge in [0.25, 0.3) is 0 Å². The zero-order valence-electron chi connectivity index (χ0n) is 18.5. The first-order valence-electron chi connectivity index (χ1n) is 10.5. The molecule has 2 atom stereocenters. The molecular weight excluding hydrogens is 483 g/mol. The number of hydrogen-bond acceptors (Lipinski definition) is 8. The standard InChI is InChI=1S/C17H25N5O4S.C2HF3O2/c1-20(2)16-4-3-13(9-19-16)27(24,25)21-7-5-12(6-8-21)22-14-10-18-11-15(14)26-17(22)23;3-2(4,5)1(6)7/h3-4,9,12,14-15,18H,5-8,10-11H2,1-2H3;(H,6,7)/t14-,15+;/m1./s1. The van der Waals surface area contributed by atoms with Crippen LogP contribution >= 0.6 is 0 Å². The summed E-state index contributed by atoms with van der Waals surface area (Å²) in [6.45, 7) is 2.20. The van der Waals surface area contributed by atoms with E-state index in [1.165, 1.54) is 10.5 Å². The van der Waals surface area contributed by atoms with Gasteiger partial charge in [-0.05, 0) is 25.0 Å². The van der Waals surface area contributed by atoms with E-state index in [1.54, 1.807) is 12.1 Å². The van der Waals surface area contributed by atoms with Crippen LogP contribution in [0.3, 0.4) is 0 Å². The third-order valence-corrected chi connectivity index (χ3v) is 7.71. The molecule has 2 N–H and O–H groups in total. The van der Waals surface area contributed by atoms with E-state index in [0.29, 0.717) is 38.3 Å². The second-order valence-electron chi connectivity index (χ2n) is 8.24. The van der Waals surface area contributed by atoms with Gasteiger partial charge in [-0.2, -0.15) is 17.5 Å². The van der Waals surface area contributed by atoms with Gasteiger partial charge in [0.15, 0.2) is 0 Å². The van der Waals surface area contributed by atoms with E-state index in [4.69, 9.17) is 14.6 Å². The number of ether oxygens (including phenoxy) is 1. The minimum Gasteiger partial charge on any atom is -0.475 e. The molecular formula is C19H26F3N5O6S. The summed E-state index contributed by atoms with van der Waals surface area (Å²) in [6.07, 6.45) is -2.80. The third-order valence-electron chi connectivity index (χ3n) is 5.82. The Kier molecular flexibility index (Phi) is 7.57. The summed E-state index contributed by atoms with van der Waals surface area (Å²) in [5, 5.41) is 10.4. The molecule has 0 unspecified atom stereocenters. The number of pyridine rings is 1. The summed E-state index contributed by atoms with van der Waals surface area (Å²) in [5.41, 5.74) is 0.